The Morgan fingerprint density at radius 1 is 1.20 bits per heavy atom. The van der Waals surface area contributed by atoms with Crippen LogP contribution in [0, 0.1) is 0 Å². The van der Waals surface area contributed by atoms with Crippen LogP contribution in [-0.4, -0.2) is 35.6 Å². The van der Waals surface area contributed by atoms with Crippen molar-refractivity contribution in [1.82, 2.24) is 0 Å². The van der Waals surface area contributed by atoms with E-state index in [9.17, 15) is 0 Å². The van der Waals surface area contributed by atoms with Crippen molar-refractivity contribution in [3.05, 3.63) is 45.2 Å². The Bertz CT molecular complexity index is 395. The molecule has 0 atom stereocenters. The number of unbranched alkanes of at least 4 members (excludes halogenated alkanes) is 1. The first-order valence-corrected chi connectivity index (χ1v) is 13.8. The normalized spacial score (nSPS) is 12.7. The van der Waals surface area contributed by atoms with Crippen molar-refractivity contribution >= 4 is 29.0 Å². The quantitative estimate of drug-likeness (QED) is 0.421. The van der Waals surface area contributed by atoms with E-state index in [1.807, 2.05) is 6.07 Å². The van der Waals surface area contributed by atoms with E-state index < -0.39 is 8.07 Å². The molecule has 0 radical (unpaired) electrons. The summed E-state index contributed by atoms with van der Waals surface area (Å²) in [6.07, 6.45) is 5.14. The summed E-state index contributed by atoms with van der Waals surface area (Å²) < 4.78 is 9.07. The number of hydrogen-bond acceptors (Lipinski definition) is 1. The van der Waals surface area contributed by atoms with Gasteiger partial charge in [-0.3, -0.25) is 0 Å². The summed E-state index contributed by atoms with van der Waals surface area (Å²) in [6, 6.07) is 10.4. The fourth-order valence-corrected chi connectivity index (χ4v) is 9.71. The summed E-state index contributed by atoms with van der Waals surface area (Å²) in [4.78, 5) is 0. The van der Waals surface area contributed by atoms with Gasteiger partial charge in [0.2, 0.25) is 0 Å². The number of rotatable bonds is 9. The molecule has 0 saturated heterocycles. The van der Waals surface area contributed by atoms with E-state index in [4.69, 9.17) is 4.74 Å². The molecule has 0 N–H and O–H groups in total. The van der Waals surface area contributed by atoms with Crippen molar-refractivity contribution in [3.8, 4) is 0 Å². The molecular formula is C17H28OSiTe. The van der Waals surface area contributed by atoms with Crippen LogP contribution in [0.1, 0.15) is 25.3 Å². The van der Waals surface area contributed by atoms with E-state index in [2.05, 4.69) is 56.9 Å². The Labute approximate surface area is 135 Å². The molecule has 0 bridgehead atoms. The van der Waals surface area contributed by atoms with Crippen LogP contribution in [0.15, 0.2) is 39.7 Å². The van der Waals surface area contributed by atoms with E-state index in [1.165, 1.54) is 22.9 Å². The van der Waals surface area contributed by atoms with Crippen molar-refractivity contribution in [2.24, 2.45) is 0 Å². The fourth-order valence-electron chi connectivity index (χ4n) is 1.79. The van der Waals surface area contributed by atoms with Gasteiger partial charge in [0.25, 0.3) is 0 Å². The average molecular weight is 404 g/mol. The average Bonchev–Trinajstić information content (AvgIpc) is 2.41. The molecule has 0 unspecified atom stereocenters. The second-order valence-electron chi connectivity index (χ2n) is 6.02. The third-order valence-electron chi connectivity index (χ3n) is 2.99. The van der Waals surface area contributed by atoms with Crippen LogP contribution in [0.2, 0.25) is 24.1 Å². The van der Waals surface area contributed by atoms with Crippen molar-refractivity contribution in [2.45, 2.75) is 50.5 Å². The summed E-state index contributed by atoms with van der Waals surface area (Å²) in [5, 5.41) is 0. The standard InChI is InChI=1S/C17H28OSiTe/c1-5-6-14-20-17(19(2,3)4)12-13-18-15-16-10-8-7-9-11-16/h7-12H,5-6,13-15H2,1-4H3/b17-12+. The first kappa shape index (κ1) is 18.0. The molecule has 112 valence electrons. The number of hydrogen-bond donors (Lipinski definition) is 0. The van der Waals surface area contributed by atoms with E-state index in [0.717, 1.165) is 13.2 Å². The van der Waals surface area contributed by atoms with Gasteiger partial charge in [-0.15, -0.1) is 0 Å². The van der Waals surface area contributed by atoms with Gasteiger partial charge in [0.1, 0.15) is 0 Å². The van der Waals surface area contributed by atoms with E-state index in [1.54, 1.807) is 3.24 Å². The first-order chi connectivity index (χ1) is 9.54. The maximum atomic E-state index is 5.82. The van der Waals surface area contributed by atoms with Crippen LogP contribution >= 0.6 is 0 Å². The third kappa shape index (κ3) is 7.64. The topological polar surface area (TPSA) is 9.23 Å². The Morgan fingerprint density at radius 2 is 1.90 bits per heavy atom. The maximum absolute atomic E-state index is 5.82. The van der Waals surface area contributed by atoms with Gasteiger partial charge in [-0.25, -0.2) is 0 Å². The Hall–Kier alpha value is -0.0735. The van der Waals surface area contributed by atoms with Crippen molar-refractivity contribution in [3.63, 3.8) is 0 Å². The molecule has 0 aliphatic rings. The number of benzene rings is 1. The van der Waals surface area contributed by atoms with Crippen LogP contribution in [0.4, 0.5) is 0 Å². The Morgan fingerprint density at radius 3 is 2.50 bits per heavy atom. The van der Waals surface area contributed by atoms with Gasteiger partial charge in [0.15, 0.2) is 0 Å². The molecule has 20 heavy (non-hydrogen) atoms. The van der Waals surface area contributed by atoms with Crippen LogP contribution in [0.5, 0.6) is 0 Å². The van der Waals surface area contributed by atoms with Crippen molar-refractivity contribution in [1.29, 1.82) is 0 Å². The van der Waals surface area contributed by atoms with E-state index >= 15 is 0 Å². The zero-order valence-corrected chi connectivity index (χ0v) is 16.6. The zero-order chi connectivity index (χ0) is 14.8. The van der Waals surface area contributed by atoms with E-state index in [-0.39, 0.29) is 20.9 Å². The molecule has 0 aliphatic heterocycles. The second-order valence-corrected chi connectivity index (χ2v) is 15.4. The zero-order valence-electron chi connectivity index (χ0n) is 13.3. The Kier molecular flexibility index (Phi) is 8.80. The molecule has 1 nitrogen and oxygen atoms in total. The van der Waals surface area contributed by atoms with Gasteiger partial charge < -0.3 is 0 Å². The molecule has 0 fully saturated rings. The van der Waals surface area contributed by atoms with Gasteiger partial charge in [0, 0.05) is 0 Å². The molecule has 3 heteroatoms. The second kappa shape index (κ2) is 9.79. The summed E-state index contributed by atoms with van der Waals surface area (Å²) in [7, 11) is -1.13. The molecule has 0 spiro atoms. The predicted molar refractivity (Wildman–Crippen MR) is 93.0 cm³/mol. The number of ether oxygens (including phenoxy) is 1. The molecule has 1 aromatic carbocycles. The fraction of sp³-hybridized carbons (Fsp3) is 0.529. The SMILES string of the molecule is CCCC[Te]/C(=C/COCc1ccccc1)[Si](C)(C)C. The summed E-state index contributed by atoms with van der Waals surface area (Å²) in [5.41, 5.74) is 1.26. The van der Waals surface area contributed by atoms with Gasteiger partial charge in [0.05, 0.1) is 0 Å². The van der Waals surface area contributed by atoms with Gasteiger partial charge in [-0.2, -0.15) is 0 Å². The third-order valence-corrected chi connectivity index (χ3v) is 13.7. The van der Waals surface area contributed by atoms with Gasteiger partial charge in [-0.1, -0.05) is 0 Å². The van der Waals surface area contributed by atoms with Crippen molar-refractivity contribution in [2.75, 3.05) is 6.61 Å². The van der Waals surface area contributed by atoms with Crippen LogP contribution in [0.25, 0.3) is 0 Å². The first-order valence-electron chi connectivity index (χ1n) is 7.49. The molecule has 0 saturated carbocycles. The molecule has 0 heterocycles. The summed E-state index contributed by atoms with van der Waals surface area (Å²) in [5.74, 6) is 0. The molecule has 1 aromatic rings. The van der Waals surface area contributed by atoms with Crippen LogP contribution in [-0.2, 0) is 11.3 Å². The minimum absolute atomic E-state index is 0.0454. The van der Waals surface area contributed by atoms with Gasteiger partial charge in [-0.05, 0) is 0 Å². The Balaban J connectivity index is 2.42. The molecule has 0 aromatic heterocycles. The molecule has 0 amide bonds. The van der Waals surface area contributed by atoms with Gasteiger partial charge >= 0.3 is 136 Å². The van der Waals surface area contributed by atoms with E-state index in [0.29, 0.717) is 0 Å². The molecule has 1 rings (SSSR count). The minimum atomic E-state index is -1.13. The molecular weight excluding hydrogens is 376 g/mol. The van der Waals surface area contributed by atoms with Crippen LogP contribution < -0.4 is 0 Å². The van der Waals surface area contributed by atoms with Crippen molar-refractivity contribution < 1.29 is 4.74 Å². The van der Waals surface area contributed by atoms with Crippen LogP contribution in [0.3, 0.4) is 0 Å². The summed E-state index contributed by atoms with van der Waals surface area (Å²) >= 11 is 0.0454. The predicted octanol–water partition coefficient (Wildman–Crippen LogP) is 4.89. The monoisotopic (exact) mass is 406 g/mol. The molecule has 0 aliphatic carbocycles. The summed E-state index contributed by atoms with van der Waals surface area (Å²) in [6.45, 7) is 11.2.